The highest BCUT2D eigenvalue weighted by molar-refractivity contribution is 5.92. The molecule has 0 saturated heterocycles. The molecule has 0 aliphatic rings. The fourth-order valence-electron chi connectivity index (χ4n) is 3.88. The number of aromatic amines is 1. The number of nitrogens with one attached hydrogen (secondary N) is 2. The summed E-state index contributed by atoms with van der Waals surface area (Å²) in [6, 6.07) is 29.6. The number of imidazole rings is 1. The lowest BCUT2D eigenvalue weighted by Crippen LogP contribution is -2.33. The molecule has 7 heteroatoms. The highest BCUT2D eigenvalue weighted by atomic mass is 16.2. The monoisotopic (exact) mass is 449 g/mol. The summed E-state index contributed by atoms with van der Waals surface area (Å²) >= 11 is 0. The van der Waals surface area contributed by atoms with Crippen LogP contribution >= 0.6 is 0 Å². The lowest BCUT2D eigenvalue weighted by atomic mass is 10.1. The number of nitrogens with zero attached hydrogens (tertiary/aromatic N) is 3. The van der Waals surface area contributed by atoms with Gasteiger partial charge in [0.15, 0.2) is 0 Å². The number of benzene rings is 3. The van der Waals surface area contributed by atoms with Gasteiger partial charge in [-0.05, 0) is 35.7 Å². The summed E-state index contributed by atoms with van der Waals surface area (Å²) < 4.78 is 1.30. The number of para-hydroxylation sites is 2. The van der Waals surface area contributed by atoms with E-state index >= 15 is 0 Å². The third-order valence-corrected chi connectivity index (χ3v) is 5.60. The first kappa shape index (κ1) is 21.3. The first-order valence-electron chi connectivity index (χ1n) is 11.1. The van der Waals surface area contributed by atoms with Crippen LogP contribution in [0.3, 0.4) is 0 Å². The van der Waals surface area contributed by atoms with Crippen molar-refractivity contribution in [1.82, 2.24) is 25.1 Å². The molecular weight excluding hydrogens is 426 g/mol. The molecule has 2 aromatic heterocycles. The molecule has 2 heterocycles. The minimum atomic E-state index is -0.404. The smallest absolute Gasteiger partial charge is 0.272 e. The highest BCUT2D eigenvalue weighted by Crippen LogP contribution is 2.20. The summed E-state index contributed by atoms with van der Waals surface area (Å²) in [6.07, 6.45) is 0.552. The van der Waals surface area contributed by atoms with Crippen molar-refractivity contribution in [3.63, 3.8) is 0 Å². The van der Waals surface area contributed by atoms with Gasteiger partial charge < -0.3 is 10.3 Å². The molecule has 5 rings (SSSR count). The standard InChI is InChI=1S/C27H23N5O2/c33-25-16-15-23(31-32(25)18-20-11-5-2-6-12-20)27(34)30-24(17-19-9-3-1-4-10-19)26-28-21-13-7-8-14-22(21)29-26/h1-16,24H,17-18H2,(H,28,29)(H,30,34)/t24-/m0/s1. The fraction of sp³-hybridized carbons (Fsp3) is 0.111. The third kappa shape index (κ3) is 4.78. The Kier molecular flexibility index (Phi) is 5.99. The number of carbonyl (C=O) groups excluding carboxylic acids is 1. The second-order valence-electron chi connectivity index (χ2n) is 8.06. The van der Waals surface area contributed by atoms with Gasteiger partial charge in [-0.15, -0.1) is 0 Å². The first-order chi connectivity index (χ1) is 16.7. The average Bonchev–Trinajstić information content (AvgIpc) is 3.31. The third-order valence-electron chi connectivity index (χ3n) is 5.60. The Hall–Kier alpha value is -4.52. The number of fused-ring (bicyclic) bond motifs is 1. The Morgan fingerprint density at radius 3 is 2.26 bits per heavy atom. The van der Waals surface area contributed by atoms with Crippen molar-refractivity contribution < 1.29 is 4.79 Å². The summed E-state index contributed by atoms with van der Waals surface area (Å²) in [7, 11) is 0. The van der Waals surface area contributed by atoms with E-state index in [-0.39, 0.29) is 23.7 Å². The molecule has 5 aromatic rings. The lowest BCUT2D eigenvalue weighted by molar-refractivity contribution is 0.0927. The quantitative estimate of drug-likeness (QED) is 0.394. The topological polar surface area (TPSA) is 92.7 Å². The van der Waals surface area contributed by atoms with Crippen molar-refractivity contribution >= 4 is 16.9 Å². The van der Waals surface area contributed by atoms with E-state index in [0.717, 1.165) is 22.2 Å². The molecule has 1 amide bonds. The van der Waals surface area contributed by atoms with Crippen LogP contribution in [0, 0.1) is 0 Å². The van der Waals surface area contributed by atoms with Gasteiger partial charge in [-0.3, -0.25) is 9.59 Å². The van der Waals surface area contributed by atoms with Crippen molar-refractivity contribution in [1.29, 1.82) is 0 Å². The van der Waals surface area contributed by atoms with Crippen LogP contribution in [-0.4, -0.2) is 25.7 Å². The molecule has 0 saturated carbocycles. The van der Waals surface area contributed by atoms with Crippen LogP contribution in [0.1, 0.15) is 33.5 Å². The van der Waals surface area contributed by atoms with Crippen molar-refractivity contribution in [3.05, 3.63) is 130 Å². The number of hydrogen-bond donors (Lipinski definition) is 2. The number of hydrogen-bond acceptors (Lipinski definition) is 4. The van der Waals surface area contributed by atoms with Gasteiger partial charge in [0.2, 0.25) is 0 Å². The van der Waals surface area contributed by atoms with E-state index in [4.69, 9.17) is 4.98 Å². The molecular formula is C27H23N5O2. The maximum absolute atomic E-state index is 13.2. The summed E-state index contributed by atoms with van der Waals surface area (Å²) in [6.45, 7) is 0.289. The van der Waals surface area contributed by atoms with Gasteiger partial charge in [-0.1, -0.05) is 72.8 Å². The highest BCUT2D eigenvalue weighted by Gasteiger charge is 2.21. The molecule has 0 bridgehead atoms. The number of rotatable bonds is 7. The largest absolute Gasteiger partial charge is 0.340 e. The molecule has 0 aliphatic heterocycles. The molecule has 168 valence electrons. The number of carbonyl (C=O) groups is 1. The second-order valence-corrected chi connectivity index (χ2v) is 8.06. The fourth-order valence-corrected chi connectivity index (χ4v) is 3.88. The van der Waals surface area contributed by atoms with Gasteiger partial charge in [0, 0.05) is 6.07 Å². The molecule has 7 nitrogen and oxygen atoms in total. The lowest BCUT2D eigenvalue weighted by Gasteiger charge is -2.17. The van der Waals surface area contributed by atoms with Crippen LogP contribution in [0.4, 0.5) is 0 Å². The Labute approximate surface area is 196 Å². The number of amides is 1. The van der Waals surface area contributed by atoms with Crippen molar-refractivity contribution in [3.8, 4) is 0 Å². The van der Waals surface area contributed by atoms with Gasteiger partial charge in [-0.25, -0.2) is 9.67 Å². The molecule has 0 fully saturated rings. The van der Waals surface area contributed by atoms with Crippen LogP contribution in [0.25, 0.3) is 11.0 Å². The van der Waals surface area contributed by atoms with E-state index in [1.54, 1.807) is 0 Å². The van der Waals surface area contributed by atoms with Gasteiger partial charge in [0.1, 0.15) is 11.5 Å². The molecule has 3 aromatic carbocycles. The summed E-state index contributed by atoms with van der Waals surface area (Å²) in [5.41, 5.74) is 3.64. The van der Waals surface area contributed by atoms with E-state index < -0.39 is 6.04 Å². The summed E-state index contributed by atoms with van der Waals surface area (Å²) in [5, 5.41) is 7.38. The molecule has 1 atom stereocenters. The molecule has 0 unspecified atom stereocenters. The molecule has 0 radical (unpaired) electrons. The zero-order chi connectivity index (χ0) is 23.3. The van der Waals surface area contributed by atoms with Gasteiger partial charge in [-0.2, -0.15) is 5.10 Å². The summed E-state index contributed by atoms with van der Waals surface area (Å²) in [5.74, 6) is 0.291. The van der Waals surface area contributed by atoms with E-state index in [1.165, 1.54) is 16.8 Å². The van der Waals surface area contributed by atoms with E-state index in [1.807, 2.05) is 84.9 Å². The molecule has 0 spiro atoms. The predicted octanol–water partition coefficient (Wildman–Crippen LogP) is 3.88. The SMILES string of the molecule is O=C(N[C@@H](Cc1ccccc1)c1nc2ccccc2[nH]1)c1ccc(=O)n(Cc2ccccc2)n1. The van der Waals surface area contributed by atoms with Crippen LogP contribution in [-0.2, 0) is 13.0 Å². The molecule has 2 N–H and O–H groups in total. The van der Waals surface area contributed by atoms with Gasteiger partial charge in [0.25, 0.3) is 11.5 Å². The van der Waals surface area contributed by atoms with E-state index in [2.05, 4.69) is 15.4 Å². The maximum Gasteiger partial charge on any atom is 0.272 e. The number of aromatic nitrogens is 4. The van der Waals surface area contributed by atoms with Crippen molar-refractivity contribution in [2.45, 2.75) is 19.0 Å². The Balaban J connectivity index is 1.43. The normalized spacial score (nSPS) is 11.9. The van der Waals surface area contributed by atoms with E-state index in [9.17, 15) is 9.59 Å². The minimum absolute atomic E-state index is 0.171. The molecule has 34 heavy (non-hydrogen) atoms. The predicted molar refractivity (Wildman–Crippen MR) is 130 cm³/mol. The second kappa shape index (κ2) is 9.54. The Bertz CT molecular complexity index is 1440. The first-order valence-corrected chi connectivity index (χ1v) is 11.1. The van der Waals surface area contributed by atoms with Crippen LogP contribution < -0.4 is 10.9 Å². The van der Waals surface area contributed by atoms with Crippen LogP contribution in [0.2, 0.25) is 0 Å². The minimum Gasteiger partial charge on any atom is -0.340 e. The van der Waals surface area contributed by atoms with Crippen LogP contribution in [0.5, 0.6) is 0 Å². The summed E-state index contributed by atoms with van der Waals surface area (Å²) in [4.78, 5) is 33.6. The van der Waals surface area contributed by atoms with E-state index in [0.29, 0.717) is 12.2 Å². The zero-order valence-corrected chi connectivity index (χ0v) is 18.4. The zero-order valence-electron chi connectivity index (χ0n) is 18.4. The Morgan fingerprint density at radius 1 is 0.853 bits per heavy atom. The average molecular weight is 450 g/mol. The van der Waals surface area contributed by atoms with Crippen molar-refractivity contribution in [2.75, 3.05) is 0 Å². The Morgan fingerprint density at radius 2 is 1.53 bits per heavy atom. The van der Waals surface area contributed by atoms with Crippen molar-refractivity contribution in [2.24, 2.45) is 0 Å². The van der Waals surface area contributed by atoms with Gasteiger partial charge >= 0.3 is 0 Å². The molecule has 0 aliphatic carbocycles. The van der Waals surface area contributed by atoms with Gasteiger partial charge in [0.05, 0.1) is 23.6 Å². The maximum atomic E-state index is 13.2. The number of H-pyrrole nitrogens is 1. The van der Waals surface area contributed by atoms with Crippen LogP contribution in [0.15, 0.2) is 102 Å².